The average Bonchev–Trinajstić information content (AvgIpc) is 2.99. The Labute approximate surface area is 174 Å². The van der Waals surface area contributed by atoms with Gasteiger partial charge in [0.25, 0.3) is 11.6 Å². The third-order valence-corrected chi connectivity index (χ3v) is 4.71. The summed E-state index contributed by atoms with van der Waals surface area (Å²) >= 11 is 0. The molecule has 0 saturated carbocycles. The Morgan fingerprint density at radius 1 is 1.10 bits per heavy atom. The Morgan fingerprint density at radius 2 is 1.67 bits per heavy atom. The molecular weight excluding hydrogens is 394 g/mol. The highest BCUT2D eigenvalue weighted by atomic mass is 16.6. The zero-order chi connectivity index (χ0) is 22.7. The molecule has 1 atom stereocenters. The number of hydrazine groups is 1. The Morgan fingerprint density at radius 3 is 2.13 bits per heavy atom. The molecule has 0 saturated heterocycles. The molecule has 1 amide bonds. The van der Waals surface area contributed by atoms with E-state index in [1.54, 1.807) is 11.1 Å². The fraction of sp³-hybridized carbons (Fsp3) is 0.450. The van der Waals surface area contributed by atoms with Crippen LogP contribution in [0, 0.1) is 10.1 Å². The number of nitrogens with zero attached hydrogens (tertiary/aromatic N) is 3. The van der Waals surface area contributed by atoms with Crippen molar-refractivity contribution in [2.75, 3.05) is 14.2 Å². The lowest BCUT2D eigenvalue weighted by Crippen LogP contribution is -2.53. The largest absolute Gasteiger partial charge is 0.466 e. The number of nitro groups is 1. The van der Waals surface area contributed by atoms with E-state index in [9.17, 15) is 24.5 Å². The van der Waals surface area contributed by atoms with Crippen LogP contribution in [0.4, 0.5) is 5.69 Å². The van der Waals surface area contributed by atoms with Crippen LogP contribution < -0.4 is 0 Å². The highest BCUT2D eigenvalue weighted by molar-refractivity contribution is 6.23. The summed E-state index contributed by atoms with van der Waals surface area (Å²) in [5.41, 5.74) is -0.590. The summed E-state index contributed by atoms with van der Waals surface area (Å²) in [5, 5.41) is 14.3. The number of ether oxygens (including phenoxy) is 2. The number of benzene rings is 1. The monoisotopic (exact) mass is 419 g/mol. The molecule has 0 bridgehead atoms. The molecule has 1 aliphatic rings. The smallest absolute Gasteiger partial charge is 0.344 e. The number of methoxy groups -OCH3 is 2. The van der Waals surface area contributed by atoms with Crippen LogP contribution in [-0.4, -0.2) is 59.1 Å². The van der Waals surface area contributed by atoms with Gasteiger partial charge >= 0.3 is 11.9 Å². The Bertz CT molecular complexity index is 899. The number of non-ortho nitro benzene ring substituents is 1. The van der Waals surface area contributed by atoms with E-state index < -0.39 is 34.4 Å². The van der Waals surface area contributed by atoms with E-state index in [1.165, 1.54) is 23.2 Å². The Balaban J connectivity index is 2.84. The van der Waals surface area contributed by atoms with Gasteiger partial charge in [0.1, 0.15) is 11.6 Å². The zero-order valence-corrected chi connectivity index (χ0v) is 17.7. The van der Waals surface area contributed by atoms with Gasteiger partial charge in [-0.3, -0.25) is 19.9 Å². The first-order valence-electron chi connectivity index (χ1n) is 9.33. The molecule has 10 nitrogen and oxygen atoms in total. The second-order valence-electron chi connectivity index (χ2n) is 7.24. The lowest BCUT2D eigenvalue weighted by molar-refractivity contribution is -0.385. The second-order valence-corrected chi connectivity index (χ2v) is 7.24. The Hall–Kier alpha value is -3.27. The molecule has 1 unspecified atom stereocenters. The van der Waals surface area contributed by atoms with Gasteiger partial charge in [0.05, 0.1) is 24.7 Å². The van der Waals surface area contributed by atoms with Crippen LogP contribution >= 0.6 is 0 Å². The van der Waals surface area contributed by atoms with Gasteiger partial charge in [-0.05, 0) is 33.3 Å². The molecule has 0 spiro atoms. The highest BCUT2D eigenvalue weighted by Crippen LogP contribution is 2.42. The maximum absolute atomic E-state index is 13.4. The van der Waals surface area contributed by atoms with E-state index in [-0.39, 0.29) is 23.3 Å². The van der Waals surface area contributed by atoms with E-state index in [0.29, 0.717) is 5.56 Å². The number of carbonyl (C=O) groups excluding carboxylic acids is 3. The first-order valence-corrected chi connectivity index (χ1v) is 9.33. The predicted octanol–water partition coefficient (Wildman–Crippen LogP) is 2.15. The van der Waals surface area contributed by atoms with Crippen molar-refractivity contribution in [1.82, 2.24) is 10.0 Å². The van der Waals surface area contributed by atoms with Crippen molar-refractivity contribution in [2.45, 2.75) is 45.8 Å². The highest BCUT2D eigenvalue weighted by Gasteiger charge is 2.50. The van der Waals surface area contributed by atoms with E-state index in [0.717, 1.165) is 14.2 Å². The Kier molecular flexibility index (Phi) is 6.93. The quantitative estimate of drug-likeness (QED) is 0.285. The lowest BCUT2D eigenvalue weighted by Gasteiger charge is -2.42. The summed E-state index contributed by atoms with van der Waals surface area (Å²) < 4.78 is 9.60. The number of rotatable bonds is 7. The number of carbonyl (C=O) groups is 3. The van der Waals surface area contributed by atoms with E-state index in [4.69, 9.17) is 9.47 Å². The molecule has 1 aromatic carbocycles. The number of hydrogen-bond donors (Lipinski definition) is 0. The van der Waals surface area contributed by atoms with Crippen molar-refractivity contribution < 1.29 is 28.8 Å². The molecule has 1 aromatic rings. The third kappa shape index (κ3) is 4.04. The summed E-state index contributed by atoms with van der Waals surface area (Å²) in [5.74, 6) is -2.61. The minimum absolute atomic E-state index is 0.189. The first-order chi connectivity index (χ1) is 14.1. The van der Waals surface area contributed by atoms with E-state index >= 15 is 0 Å². The van der Waals surface area contributed by atoms with Crippen LogP contribution in [0.5, 0.6) is 0 Å². The van der Waals surface area contributed by atoms with Crippen LogP contribution in [0.1, 0.15) is 39.3 Å². The standard InChI is InChI=1S/C20H25N3O7/c1-11(2)21(12(3)4)22-17(13-8-7-9-14(10-13)23(27)28)15(19(25)29-5)16(18(22)24)20(26)30-6/h7-12,17H,1-6H3. The zero-order valence-electron chi connectivity index (χ0n) is 17.7. The number of nitro benzene ring substituents is 1. The summed E-state index contributed by atoms with van der Waals surface area (Å²) in [7, 11) is 2.23. The third-order valence-electron chi connectivity index (χ3n) is 4.71. The fourth-order valence-corrected chi connectivity index (χ4v) is 3.68. The van der Waals surface area contributed by atoms with Crippen molar-refractivity contribution in [3.8, 4) is 0 Å². The fourth-order valence-electron chi connectivity index (χ4n) is 3.68. The van der Waals surface area contributed by atoms with Crippen molar-refractivity contribution in [2.24, 2.45) is 0 Å². The van der Waals surface area contributed by atoms with Crippen LogP contribution in [0.2, 0.25) is 0 Å². The average molecular weight is 419 g/mol. The van der Waals surface area contributed by atoms with Crippen LogP contribution in [0.15, 0.2) is 35.4 Å². The van der Waals surface area contributed by atoms with Gasteiger partial charge in [-0.2, -0.15) is 0 Å². The molecule has 162 valence electrons. The summed E-state index contributed by atoms with van der Waals surface area (Å²) in [6.07, 6.45) is 0. The summed E-state index contributed by atoms with van der Waals surface area (Å²) in [4.78, 5) is 49.2. The summed E-state index contributed by atoms with van der Waals surface area (Å²) in [6, 6.07) is 4.11. The van der Waals surface area contributed by atoms with E-state index in [2.05, 4.69) is 0 Å². The number of hydrogen-bond acceptors (Lipinski definition) is 8. The molecule has 1 heterocycles. The van der Waals surface area contributed by atoms with Gasteiger partial charge < -0.3 is 9.47 Å². The second kappa shape index (κ2) is 9.04. The topological polar surface area (TPSA) is 119 Å². The molecule has 2 rings (SSSR count). The lowest BCUT2D eigenvalue weighted by atomic mass is 9.97. The minimum Gasteiger partial charge on any atom is -0.466 e. The molecule has 0 radical (unpaired) electrons. The SMILES string of the molecule is COC(=O)C1=C(C(=O)OC)C(c2cccc([N+](=O)[O-])c2)N(N(C(C)C)C(C)C)C1=O. The molecule has 30 heavy (non-hydrogen) atoms. The van der Waals surface area contributed by atoms with Crippen molar-refractivity contribution in [1.29, 1.82) is 0 Å². The van der Waals surface area contributed by atoms with Gasteiger partial charge in [0.2, 0.25) is 0 Å². The molecule has 0 N–H and O–H groups in total. The van der Waals surface area contributed by atoms with Crippen LogP contribution in [-0.2, 0) is 23.9 Å². The van der Waals surface area contributed by atoms with Gasteiger partial charge in [-0.25, -0.2) is 14.6 Å². The predicted molar refractivity (Wildman–Crippen MR) is 106 cm³/mol. The summed E-state index contributed by atoms with van der Waals surface area (Å²) in [6.45, 7) is 7.41. The van der Waals surface area contributed by atoms with Gasteiger partial charge in [-0.1, -0.05) is 12.1 Å². The van der Waals surface area contributed by atoms with Gasteiger partial charge in [0, 0.05) is 24.2 Å². The molecular formula is C20H25N3O7. The van der Waals surface area contributed by atoms with E-state index in [1.807, 2.05) is 27.7 Å². The van der Waals surface area contributed by atoms with Crippen LogP contribution in [0.3, 0.4) is 0 Å². The molecule has 1 aliphatic heterocycles. The van der Waals surface area contributed by atoms with Crippen molar-refractivity contribution in [3.05, 3.63) is 51.1 Å². The van der Waals surface area contributed by atoms with Gasteiger partial charge in [0.15, 0.2) is 0 Å². The van der Waals surface area contributed by atoms with Crippen molar-refractivity contribution in [3.63, 3.8) is 0 Å². The number of amides is 1. The van der Waals surface area contributed by atoms with Crippen molar-refractivity contribution >= 4 is 23.5 Å². The maximum Gasteiger partial charge on any atom is 0.344 e. The molecule has 0 fully saturated rings. The molecule has 0 aliphatic carbocycles. The van der Waals surface area contributed by atoms with Crippen LogP contribution in [0.25, 0.3) is 0 Å². The first kappa shape index (κ1) is 23.0. The maximum atomic E-state index is 13.4. The number of esters is 2. The molecule has 0 aromatic heterocycles. The van der Waals surface area contributed by atoms with Gasteiger partial charge in [-0.15, -0.1) is 0 Å². The minimum atomic E-state index is -1.09. The molecule has 10 heteroatoms. The normalized spacial score (nSPS) is 16.6.